The van der Waals surface area contributed by atoms with Crippen LogP contribution in [0.1, 0.15) is 15.9 Å². The number of hydrogen-bond donors (Lipinski definition) is 2. The number of aliphatic hydroxyl groups excluding tert-OH is 1. The van der Waals surface area contributed by atoms with E-state index >= 15 is 0 Å². The lowest BCUT2D eigenvalue weighted by Gasteiger charge is -2.08. The van der Waals surface area contributed by atoms with E-state index < -0.39 is 0 Å². The third-order valence-corrected chi connectivity index (χ3v) is 2.66. The molecule has 5 heteroatoms. The molecule has 0 saturated heterocycles. The lowest BCUT2D eigenvalue weighted by molar-refractivity contribution is 0.0906. The molecule has 0 atom stereocenters. The second-order valence-electron chi connectivity index (χ2n) is 4.12. The summed E-state index contributed by atoms with van der Waals surface area (Å²) in [4.78, 5) is 11.9. The van der Waals surface area contributed by atoms with Crippen LogP contribution in [0.15, 0.2) is 18.2 Å². The Bertz CT molecular complexity index is 406. The van der Waals surface area contributed by atoms with Gasteiger partial charge in [-0.15, -0.1) is 0 Å². The van der Waals surface area contributed by atoms with Crippen molar-refractivity contribution < 1.29 is 19.4 Å². The molecular formula is C14H21NO4. The molecule has 0 spiro atoms. The molecule has 1 rings (SSSR count). The van der Waals surface area contributed by atoms with E-state index in [1.54, 1.807) is 19.2 Å². The highest BCUT2D eigenvalue weighted by Gasteiger charge is 2.07. The topological polar surface area (TPSA) is 67.8 Å². The fourth-order valence-corrected chi connectivity index (χ4v) is 1.67. The first-order chi connectivity index (χ1) is 9.19. The van der Waals surface area contributed by atoms with Crippen molar-refractivity contribution in [2.45, 2.75) is 6.92 Å². The molecule has 19 heavy (non-hydrogen) atoms. The Labute approximate surface area is 113 Å². The van der Waals surface area contributed by atoms with Gasteiger partial charge in [0.15, 0.2) is 5.78 Å². The zero-order valence-corrected chi connectivity index (χ0v) is 11.4. The molecule has 0 aliphatic heterocycles. The average Bonchev–Trinajstić information content (AvgIpc) is 2.42. The Morgan fingerprint density at radius 3 is 2.79 bits per heavy atom. The smallest absolute Gasteiger partial charge is 0.176 e. The first-order valence-electron chi connectivity index (χ1n) is 6.26. The number of aliphatic hydroxyl groups is 1. The van der Waals surface area contributed by atoms with E-state index in [9.17, 15) is 4.79 Å². The fourth-order valence-electron chi connectivity index (χ4n) is 1.67. The van der Waals surface area contributed by atoms with Crippen LogP contribution in [0.3, 0.4) is 0 Å². The van der Waals surface area contributed by atoms with Gasteiger partial charge in [0.05, 0.1) is 33.5 Å². The molecule has 0 saturated carbocycles. The summed E-state index contributed by atoms with van der Waals surface area (Å²) in [6, 6.07) is 5.39. The van der Waals surface area contributed by atoms with Gasteiger partial charge in [0.1, 0.15) is 5.75 Å². The number of ether oxygens (including phenoxy) is 2. The number of benzene rings is 1. The van der Waals surface area contributed by atoms with Crippen molar-refractivity contribution in [2.75, 3.05) is 40.0 Å². The molecule has 2 N–H and O–H groups in total. The maximum atomic E-state index is 11.9. The Kier molecular flexibility index (Phi) is 7.10. The van der Waals surface area contributed by atoms with Crippen LogP contribution in [0.25, 0.3) is 0 Å². The molecule has 0 amide bonds. The second kappa shape index (κ2) is 8.63. The van der Waals surface area contributed by atoms with Crippen LogP contribution >= 0.6 is 0 Å². The van der Waals surface area contributed by atoms with Gasteiger partial charge >= 0.3 is 0 Å². The number of rotatable bonds is 9. The first kappa shape index (κ1) is 15.6. The van der Waals surface area contributed by atoms with Crippen molar-refractivity contribution in [1.29, 1.82) is 0 Å². The zero-order chi connectivity index (χ0) is 14.1. The molecule has 0 aromatic heterocycles. The van der Waals surface area contributed by atoms with Gasteiger partial charge in [-0.05, 0) is 30.7 Å². The fraction of sp³-hybridized carbons (Fsp3) is 0.500. The molecule has 106 valence electrons. The van der Waals surface area contributed by atoms with E-state index in [2.05, 4.69) is 5.32 Å². The zero-order valence-electron chi connectivity index (χ0n) is 11.4. The number of carbonyl (C=O) groups excluding carboxylic acids is 1. The summed E-state index contributed by atoms with van der Waals surface area (Å²) in [6.45, 7) is 3.59. The van der Waals surface area contributed by atoms with E-state index in [1.807, 2.05) is 13.0 Å². The van der Waals surface area contributed by atoms with Crippen molar-refractivity contribution in [3.05, 3.63) is 29.3 Å². The highest BCUT2D eigenvalue weighted by Crippen LogP contribution is 2.18. The number of Topliss-reactive ketones (excluding diaryl/α,β-unsaturated/α-hetero) is 1. The molecule has 0 bridgehead atoms. The van der Waals surface area contributed by atoms with Gasteiger partial charge in [-0.2, -0.15) is 0 Å². The SMILES string of the molecule is COc1ccc(C(=O)CNCCOCCO)cc1C. The summed E-state index contributed by atoms with van der Waals surface area (Å²) in [6.07, 6.45) is 0. The van der Waals surface area contributed by atoms with Crippen molar-refractivity contribution in [3.63, 3.8) is 0 Å². The van der Waals surface area contributed by atoms with Crippen molar-refractivity contribution in [1.82, 2.24) is 5.32 Å². The van der Waals surface area contributed by atoms with E-state index in [-0.39, 0.29) is 18.9 Å². The summed E-state index contributed by atoms with van der Waals surface area (Å²) in [5.74, 6) is 0.815. The van der Waals surface area contributed by atoms with Gasteiger partial charge in [0.2, 0.25) is 0 Å². The number of aryl methyl sites for hydroxylation is 1. The van der Waals surface area contributed by atoms with Crippen LogP contribution in [0.4, 0.5) is 0 Å². The number of carbonyl (C=O) groups is 1. The summed E-state index contributed by atoms with van der Waals surface area (Å²) >= 11 is 0. The van der Waals surface area contributed by atoms with Crippen LogP contribution in [-0.4, -0.2) is 50.9 Å². The third kappa shape index (κ3) is 5.38. The molecule has 5 nitrogen and oxygen atoms in total. The maximum absolute atomic E-state index is 11.9. The average molecular weight is 267 g/mol. The molecule has 0 aliphatic carbocycles. The van der Waals surface area contributed by atoms with Gasteiger partial charge in [-0.1, -0.05) is 0 Å². The molecule has 0 unspecified atom stereocenters. The van der Waals surface area contributed by atoms with Gasteiger partial charge in [0.25, 0.3) is 0 Å². The number of hydrogen-bond acceptors (Lipinski definition) is 5. The van der Waals surface area contributed by atoms with Gasteiger partial charge < -0.3 is 19.9 Å². The van der Waals surface area contributed by atoms with Crippen LogP contribution in [0.2, 0.25) is 0 Å². The number of nitrogens with one attached hydrogen (secondary N) is 1. The first-order valence-corrected chi connectivity index (χ1v) is 6.26. The monoisotopic (exact) mass is 267 g/mol. The molecule has 0 aliphatic rings. The van der Waals surface area contributed by atoms with Crippen molar-refractivity contribution in [2.24, 2.45) is 0 Å². The van der Waals surface area contributed by atoms with Crippen LogP contribution in [0, 0.1) is 6.92 Å². The largest absolute Gasteiger partial charge is 0.496 e. The van der Waals surface area contributed by atoms with E-state index in [1.165, 1.54) is 0 Å². The molecule has 0 heterocycles. The highest BCUT2D eigenvalue weighted by molar-refractivity contribution is 5.97. The normalized spacial score (nSPS) is 10.5. The lowest BCUT2D eigenvalue weighted by atomic mass is 10.1. The van der Waals surface area contributed by atoms with Gasteiger partial charge in [0, 0.05) is 12.1 Å². The Morgan fingerprint density at radius 1 is 1.37 bits per heavy atom. The van der Waals surface area contributed by atoms with E-state index in [0.717, 1.165) is 11.3 Å². The quantitative estimate of drug-likeness (QED) is 0.511. The number of methoxy groups -OCH3 is 1. The second-order valence-corrected chi connectivity index (χ2v) is 4.12. The van der Waals surface area contributed by atoms with Gasteiger partial charge in [-0.3, -0.25) is 4.79 Å². The molecule has 0 radical (unpaired) electrons. The lowest BCUT2D eigenvalue weighted by Crippen LogP contribution is -2.27. The summed E-state index contributed by atoms with van der Waals surface area (Å²) < 4.78 is 10.2. The van der Waals surface area contributed by atoms with Crippen molar-refractivity contribution >= 4 is 5.78 Å². The minimum Gasteiger partial charge on any atom is -0.496 e. The summed E-state index contributed by atoms with van der Waals surface area (Å²) in [5, 5.41) is 11.5. The predicted octanol–water partition coefficient (Wildman–Crippen LogP) is 0.785. The molecular weight excluding hydrogens is 246 g/mol. The minimum atomic E-state index is 0.0179. The Morgan fingerprint density at radius 2 is 2.16 bits per heavy atom. The third-order valence-electron chi connectivity index (χ3n) is 2.66. The van der Waals surface area contributed by atoms with Crippen LogP contribution in [0.5, 0.6) is 5.75 Å². The van der Waals surface area contributed by atoms with Gasteiger partial charge in [-0.25, -0.2) is 0 Å². The van der Waals surface area contributed by atoms with E-state index in [4.69, 9.17) is 14.6 Å². The summed E-state index contributed by atoms with van der Waals surface area (Å²) in [5.41, 5.74) is 1.61. The van der Waals surface area contributed by atoms with Crippen molar-refractivity contribution in [3.8, 4) is 5.75 Å². The molecule has 1 aromatic carbocycles. The Balaban J connectivity index is 2.35. The van der Waals surface area contributed by atoms with E-state index in [0.29, 0.717) is 25.3 Å². The summed E-state index contributed by atoms with van der Waals surface area (Å²) in [7, 11) is 1.61. The molecule has 0 fully saturated rings. The van der Waals surface area contributed by atoms with Crippen LogP contribution < -0.4 is 10.1 Å². The highest BCUT2D eigenvalue weighted by atomic mass is 16.5. The predicted molar refractivity (Wildman–Crippen MR) is 72.8 cm³/mol. The minimum absolute atomic E-state index is 0.0179. The Hall–Kier alpha value is -1.43. The standard InChI is InChI=1S/C14H21NO4/c1-11-9-12(3-4-14(11)18-2)13(17)10-15-5-7-19-8-6-16/h3-4,9,15-16H,5-8,10H2,1-2H3. The van der Waals surface area contributed by atoms with Crippen LogP contribution in [-0.2, 0) is 4.74 Å². The maximum Gasteiger partial charge on any atom is 0.176 e. The number of ketones is 1. The molecule has 1 aromatic rings.